The van der Waals surface area contributed by atoms with Crippen LogP contribution in [0.15, 0.2) is 35.7 Å². The molecular weight excluding hydrogens is 283 g/mol. The summed E-state index contributed by atoms with van der Waals surface area (Å²) in [7, 11) is 0. The van der Waals surface area contributed by atoms with Crippen molar-refractivity contribution in [2.75, 3.05) is 0 Å². The highest BCUT2D eigenvalue weighted by Crippen LogP contribution is 2.34. The van der Waals surface area contributed by atoms with Crippen molar-refractivity contribution < 1.29 is 13.2 Å². The van der Waals surface area contributed by atoms with Crippen LogP contribution in [0.1, 0.15) is 22.0 Å². The molecule has 18 heavy (non-hydrogen) atoms. The molecule has 0 saturated carbocycles. The van der Waals surface area contributed by atoms with Crippen LogP contribution in [0.25, 0.3) is 0 Å². The molecule has 2 aromatic rings. The highest BCUT2D eigenvalue weighted by molar-refractivity contribution is 7.10. The SMILES string of the molecule is N[C@@H](c1cc(Cl)cc(C(F)(F)F)c1)c1cccs1. The standard InChI is InChI=1S/C12H9ClF3NS/c13-9-5-7(4-8(6-9)12(14,15)16)11(17)10-2-1-3-18-10/h1-6,11H,17H2/t11-/m0/s1. The van der Waals surface area contributed by atoms with E-state index < -0.39 is 17.8 Å². The van der Waals surface area contributed by atoms with Crippen molar-refractivity contribution in [1.29, 1.82) is 0 Å². The van der Waals surface area contributed by atoms with Gasteiger partial charge in [-0.3, -0.25) is 0 Å². The first-order valence-corrected chi connectivity index (χ1v) is 6.30. The van der Waals surface area contributed by atoms with Gasteiger partial charge >= 0.3 is 6.18 Å². The van der Waals surface area contributed by atoms with E-state index in [1.54, 1.807) is 12.1 Å². The van der Waals surface area contributed by atoms with Crippen molar-refractivity contribution in [2.45, 2.75) is 12.2 Å². The van der Waals surface area contributed by atoms with E-state index in [2.05, 4.69) is 0 Å². The van der Waals surface area contributed by atoms with E-state index in [0.717, 1.165) is 17.0 Å². The zero-order chi connectivity index (χ0) is 13.3. The molecule has 0 unspecified atom stereocenters. The second-order valence-electron chi connectivity index (χ2n) is 3.76. The fraction of sp³-hybridized carbons (Fsp3) is 0.167. The van der Waals surface area contributed by atoms with Crippen LogP contribution >= 0.6 is 22.9 Å². The molecule has 0 aliphatic rings. The van der Waals surface area contributed by atoms with Gasteiger partial charge in [-0.1, -0.05) is 17.7 Å². The Bertz CT molecular complexity index is 537. The summed E-state index contributed by atoms with van der Waals surface area (Å²) in [6.45, 7) is 0. The monoisotopic (exact) mass is 291 g/mol. The Morgan fingerprint density at radius 1 is 1.22 bits per heavy atom. The molecule has 0 radical (unpaired) electrons. The molecule has 0 spiro atoms. The normalized spacial score (nSPS) is 13.6. The first-order valence-electron chi connectivity index (χ1n) is 5.04. The predicted molar refractivity (Wildman–Crippen MR) is 66.8 cm³/mol. The lowest BCUT2D eigenvalue weighted by Gasteiger charge is -2.14. The molecule has 2 rings (SSSR count). The third-order valence-electron chi connectivity index (χ3n) is 2.46. The van der Waals surface area contributed by atoms with Crippen molar-refractivity contribution in [3.63, 3.8) is 0 Å². The minimum Gasteiger partial charge on any atom is -0.320 e. The van der Waals surface area contributed by atoms with Crippen LogP contribution in [0, 0.1) is 0 Å². The number of hydrogen-bond acceptors (Lipinski definition) is 2. The Morgan fingerprint density at radius 2 is 1.94 bits per heavy atom. The van der Waals surface area contributed by atoms with E-state index in [1.165, 1.54) is 17.4 Å². The van der Waals surface area contributed by atoms with E-state index in [0.29, 0.717) is 5.56 Å². The van der Waals surface area contributed by atoms with Crippen LogP contribution in [0.5, 0.6) is 0 Å². The molecular formula is C12H9ClF3NS. The van der Waals surface area contributed by atoms with Gasteiger partial charge in [0.05, 0.1) is 11.6 Å². The maximum absolute atomic E-state index is 12.7. The van der Waals surface area contributed by atoms with Gasteiger partial charge in [-0.15, -0.1) is 11.3 Å². The molecule has 96 valence electrons. The molecule has 6 heteroatoms. The largest absolute Gasteiger partial charge is 0.416 e. The summed E-state index contributed by atoms with van der Waals surface area (Å²) < 4.78 is 38.0. The van der Waals surface area contributed by atoms with Crippen LogP contribution < -0.4 is 5.73 Å². The van der Waals surface area contributed by atoms with Gasteiger partial charge in [-0.2, -0.15) is 13.2 Å². The maximum atomic E-state index is 12.7. The Hall–Kier alpha value is -1.04. The first-order chi connectivity index (χ1) is 8.38. The summed E-state index contributed by atoms with van der Waals surface area (Å²) in [6, 6.07) is 6.38. The lowest BCUT2D eigenvalue weighted by molar-refractivity contribution is -0.137. The quantitative estimate of drug-likeness (QED) is 0.868. The molecule has 1 heterocycles. The summed E-state index contributed by atoms with van der Waals surface area (Å²) in [5.41, 5.74) is 5.50. The predicted octanol–water partition coefficient (Wildman–Crippen LogP) is 4.47. The van der Waals surface area contributed by atoms with E-state index in [-0.39, 0.29) is 5.02 Å². The number of halogens is 4. The van der Waals surface area contributed by atoms with Gasteiger partial charge in [0.15, 0.2) is 0 Å². The summed E-state index contributed by atoms with van der Waals surface area (Å²) in [5, 5.41) is 1.86. The smallest absolute Gasteiger partial charge is 0.320 e. The molecule has 1 aromatic carbocycles. The van der Waals surface area contributed by atoms with Crippen molar-refractivity contribution in [3.8, 4) is 0 Å². The molecule has 0 aliphatic heterocycles. The fourth-order valence-corrected chi connectivity index (χ4v) is 2.59. The Morgan fingerprint density at radius 3 is 2.50 bits per heavy atom. The van der Waals surface area contributed by atoms with Crippen molar-refractivity contribution in [1.82, 2.24) is 0 Å². The summed E-state index contributed by atoms with van der Waals surface area (Å²) >= 11 is 7.11. The Balaban J connectivity index is 2.43. The van der Waals surface area contributed by atoms with Crippen LogP contribution in [-0.4, -0.2) is 0 Å². The molecule has 0 bridgehead atoms. The summed E-state index contributed by atoms with van der Waals surface area (Å²) in [4.78, 5) is 0.797. The first kappa shape index (κ1) is 13.4. The Kier molecular flexibility index (Phi) is 3.66. The number of nitrogens with two attached hydrogens (primary N) is 1. The van der Waals surface area contributed by atoms with Crippen LogP contribution in [0.2, 0.25) is 5.02 Å². The highest BCUT2D eigenvalue weighted by atomic mass is 35.5. The number of thiophene rings is 1. The molecule has 1 aromatic heterocycles. The Labute approximate surface area is 111 Å². The molecule has 0 fully saturated rings. The van der Waals surface area contributed by atoms with Gasteiger partial charge in [-0.25, -0.2) is 0 Å². The molecule has 1 atom stereocenters. The zero-order valence-electron chi connectivity index (χ0n) is 9.04. The lowest BCUT2D eigenvalue weighted by Crippen LogP contribution is -2.12. The van der Waals surface area contributed by atoms with Crippen molar-refractivity contribution in [3.05, 3.63) is 56.7 Å². The van der Waals surface area contributed by atoms with Gasteiger partial charge < -0.3 is 5.73 Å². The maximum Gasteiger partial charge on any atom is 0.416 e. The number of rotatable bonds is 2. The van der Waals surface area contributed by atoms with E-state index in [4.69, 9.17) is 17.3 Å². The molecule has 2 N–H and O–H groups in total. The van der Waals surface area contributed by atoms with E-state index >= 15 is 0 Å². The summed E-state index contributed by atoms with van der Waals surface area (Å²) in [5.74, 6) is 0. The van der Waals surface area contributed by atoms with Crippen LogP contribution in [-0.2, 0) is 6.18 Å². The average Bonchev–Trinajstić information content (AvgIpc) is 2.79. The van der Waals surface area contributed by atoms with Crippen molar-refractivity contribution >= 4 is 22.9 Å². The van der Waals surface area contributed by atoms with Crippen molar-refractivity contribution in [2.24, 2.45) is 5.73 Å². The topological polar surface area (TPSA) is 26.0 Å². The molecule has 0 amide bonds. The third kappa shape index (κ3) is 2.85. The third-order valence-corrected chi connectivity index (χ3v) is 3.63. The van der Waals surface area contributed by atoms with Gasteiger partial charge in [0.2, 0.25) is 0 Å². The van der Waals surface area contributed by atoms with Gasteiger partial charge in [0.1, 0.15) is 0 Å². The molecule has 1 nitrogen and oxygen atoms in total. The second kappa shape index (κ2) is 4.91. The van der Waals surface area contributed by atoms with E-state index in [9.17, 15) is 13.2 Å². The number of hydrogen-bond donors (Lipinski definition) is 1. The van der Waals surface area contributed by atoms with Gasteiger partial charge in [0, 0.05) is 9.90 Å². The van der Waals surface area contributed by atoms with Gasteiger partial charge in [0.25, 0.3) is 0 Å². The molecule has 0 aliphatic carbocycles. The zero-order valence-corrected chi connectivity index (χ0v) is 10.6. The minimum absolute atomic E-state index is 0.0341. The minimum atomic E-state index is -4.42. The number of alkyl halides is 3. The van der Waals surface area contributed by atoms with E-state index in [1.807, 2.05) is 5.38 Å². The van der Waals surface area contributed by atoms with Crippen LogP contribution in [0.3, 0.4) is 0 Å². The second-order valence-corrected chi connectivity index (χ2v) is 5.18. The highest BCUT2D eigenvalue weighted by Gasteiger charge is 2.31. The number of benzene rings is 1. The molecule has 0 saturated heterocycles. The lowest BCUT2D eigenvalue weighted by atomic mass is 10.0. The fourth-order valence-electron chi connectivity index (χ4n) is 1.59. The van der Waals surface area contributed by atoms with Gasteiger partial charge in [-0.05, 0) is 35.2 Å². The average molecular weight is 292 g/mol. The summed E-state index contributed by atoms with van der Waals surface area (Å²) in [6.07, 6.45) is -4.42. The van der Waals surface area contributed by atoms with Crippen LogP contribution in [0.4, 0.5) is 13.2 Å².